The maximum atomic E-state index is 15.3. The number of halogens is 1. The van der Waals surface area contributed by atoms with Crippen LogP contribution in [0.15, 0.2) is 59.1 Å². The number of rotatable bonds is 10. The first-order valence-electron chi connectivity index (χ1n) is 19.1. The lowest BCUT2D eigenvalue weighted by Gasteiger charge is -2.35. The molecule has 1 atom stereocenters. The maximum Gasteiger partial charge on any atom is 0.255 e. The molecule has 3 aromatic carbocycles. The second-order valence-electron chi connectivity index (χ2n) is 15.7. The van der Waals surface area contributed by atoms with Crippen LogP contribution in [0.2, 0.25) is 0 Å². The van der Waals surface area contributed by atoms with Crippen molar-refractivity contribution in [1.82, 2.24) is 15.4 Å². The van der Waals surface area contributed by atoms with E-state index in [-0.39, 0.29) is 36.6 Å². The van der Waals surface area contributed by atoms with Gasteiger partial charge in [0.1, 0.15) is 17.6 Å². The summed E-state index contributed by atoms with van der Waals surface area (Å²) in [5.41, 5.74) is 8.30. The second kappa shape index (κ2) is 14.0. The third-order valence-corrected chi connectivity index (χ3v) is 12.1. The third-order valence-electron chi connectivity index (χ3n) is 12.1. The zero-order valence-electron chi connectivity index (χ0n) is 31.0. The summed E-state index contributed by atoms with van der Waals surface area (Å²) in [5.74, 6) is 0.0209. The van der Waals surface area contributed by atoms with Crippen molar-refractivity contribution in [2.24, 2.45) is 11.8 Å². The molecule has 278 valence electrons. The number of nitrogens with zero attached hydrogens (tertiary/aromatic N) is 4. The first-order chi connectivity index (χ1) is 26.0. The summed E-state index contributed by atoms with van der Waals surface area (Å²) >= 11 is 0. The molecule has 2 aliphatic heterocycles. The van der Waals surface area contributed by atoms with Gasteiger partial charge in [0.15, 0.2) is 0 Å². The molecule has 54 heavy (non-hydrogen) atoms. The Labute approximate surface area is 314 Å². The fourth-order valence-corrected chi connectivity index (χ4v) is 8.70. The molecular formula is C43H45FN6O4. The Kier molecular flexibility index (Phi) is 9.24. The first kappa shape index (κ1) is 35.5. The fraction of sp³-hybridized carbons (Fsp3) is 0.419. The maximum absolute atomic E-state index is 15.3. The lowest BCUT2D eigenvalue weighted by atomic mass is 9.81. The number of hydrogen-bond donors (Lipinski definition) is 2. The van der Waals surface area contributed by atoms with Crippen LogP contribution in [0.5, 0.6) is 0 Å². The van der Waals surface area contributed by atoms with Gasteiger partial charge in [-0.1, -0.05) is 29.4 Å². The average Bonchev–Trinajstić information content (AvgIpc) is 3.82. The summed E-state index contributed by atoms with van der Waals surface area (Å²) in [5, 5.41) is 19.6. The quantitative estimate of drug-likeness (QED) is 0.158. The highest BCUT2D eigenvalue weighted by atomic mass is 19.1. The Hall–Kier alpha value is -5.50. The van der Waals surface area contributed by atoms with Gasteiger partial charge in [0.25, 0.3) is 5.91 Å². The first-order valence-corrected chi connectivity index (χ1v) is 19.1. The van der Waals surface area contributed by atoms with Gasteiger partial charge in [-0.2, -0.15) is 5.26 Å². The molecule has 2 saturated carbocycles. The Balaban J connectivity index is 0.950. The molecule has 10 nitrogen and oxygen atoms in total. The van der Waals surface area contributed by atoms with Gasteiger partial charge < -0.3 is 19.6 Å². The normalized spacial score (nSPS) is 21.7. The van der Waals surface area contributed by atoms with E-state index in [0.717, 1.165) is 84.6 Å². The molecule has 0 spiro atoms. The highest BCUT2D eigenvalue weighted by Gasteiger charge is 2.45. The molecule has 4 aromatic rings. The van der Waals surface area contributed by atoms with E-state index in [1.165, 1.54) is 16.5 Å². The van der Waals surface area contributed by atoms with Gasteiger partial charge in [-0.25, -0.2) is 4.39 Å². The number of carbonyl (C=O) groups excluding carboxylic acids is 3. The number of nitrogens with one attached hydrogen (secondary N) is 2. The SMILES string of the molecule is Cc1ccc(-c2c(C)noc2C)cc1N(CC1CCC(CNc2cc3c(cc2F)CN(C2CCC(=O)NC2=O)C3=O)CC1)c1ccc(C2(C#N)CC2)cc1. The Morgan fingerprint density at radius 2 is 1.74 bits per heavy atom. The zero-order chi connectivity index (χ0) is 37.7. The van der Waals surface area contributed by atoms with E-state index in [2.05, 4.69) is 76.1 Å². The van der Waals surface area contributed by atoms with Crippen LogP contribution in [-0.4, -0.2) is 46.9 Å². The highest BCUT2D eigenvalue weighted by Crippen LogP contribution is 2.48. The average molecular weight is 729 g/mol. The minimum Gasteiger partial charge on any atom is -0.382 e. The van der Waals surface area contributed by atoms with Gasteiger partial charge in [0.2, 0.25) is 11.8 Å². The van der Waals surface area contributed by atoms with E-state index < -0.39 is 17.8 Å². The molecule has 3 heterocycles. The lowest BCUT2D eigenvalue weighted by Crippen LogP contribution is -2.52. The number of amides is 3. The minimum atomic E-state index is -0.735. The number of piperidine rings is 1. The number of fused-ring (bicyclic) bond motifs is 1. The number of carbonyl (C=O) groups is 3. The molecule has 4 aliphatic rings. The van der Waals surface area contributed by atoms with Crippen molar-refractivity contribution in [3.8, 4) is 17.2 Å². The van der Waals surface area contributed by atoms with Crippen LogP contribution in [0.1, 0.15) is 89.9 Å². The van der Waals surface area contributed by atoms with Gasteiger partial charge in [0.05, 0.1) is 22.9 Å². The van der Waals surface area contributed by atoms with Crippen LogP contribution in [0.25, 0.3) is 11.1 Å². The molecule has 11 heteroatoms. The zero-order valence-corrected chi connectivity index (χ0v) is 31.0. The number of imide groups is 1. The van der Waals surface area contributed by atoms with Crippen molar-refractivity contribution < 1.29 is 23.3 Å². The molecule has 8 rings (SSSR count). The number of aromatic nitrogens is 1. The summed E-state index contributed by atoms with van der Waals surface area (Å²) in [7, 11) is 0. The standard InChI is InChI=1S/C43H45FN6O4/c1-25-4-9-30(40-26(2)48-54-27(40)3)19-38(25)49(33-12-10-32(11-13-33)43(24-45)16-17-43)22-29-7-5-28(6-8-29)21-46-36-20-34-31(18-35(36)44)23-50(42(34)53)37-14-15-39(51)47-41(37)52/h4,9-13,18-20,28-29,37,46H,5-8,14-17,21-23H2,1-3H3,(H,47,51,52). The number of anilines is 3. The number of nitriles is 1. The van der Waals surface area contributed by atoms with E-state index in [1.807, 2.05) is 13.8 Å². The van der Waals surface area contributed by atoms with Crippen molar-refractivity contribution in [2.45, 2.75) is 90.1 Å². The predicted octanol–water partition coefficient (Wildman–Crippen LogP) is 7.78. The Morgan fingerprint density at radius 1 is 1.00 bits per heavy atom. The van der Waals surface area contributed by atoms with Gasteiger partial charge in [-0.3, -0.25) is 19.7 Å². The molecule has 1 saturated heterocycles. The van der Waals surface area contributed by atoms with Crippen LogP contribution >= 0.6 is 0 Å². The number of benzene rings is 3. The van der Waals surface area contributed by atoms with Crippen molar-refractivity contribution in [1.29, 1.82) is 5.26 Å². The van der Waals surface area contributed by atoms with Gasteiger partial charge in [-0.05, 0) is 130 Å². The Bertz CT molecular complexity index is 2160. The van der Waals surface area contributed by atoms with Crippen LogP contribution < -0.4 is 15.5 Å². The Morgan fingerprint density at radius 3 is 2.41 bits per heavy atom. The van der Waals surface area contributed by atoms with Gasteiger partial charge >= 0.3 is 0 Å². The summed E-state index contributed by atoms with van der Waals surface area (Å²) < 4.78 is 20.8. The van der Waals surface area contributed by atoms with Crippen LogP contribution in [0, 0.1) is 49.8 Å². The van der Waals surface area contributed by atoms with Gasteiger partial charge in [0, 0.05) is 48.6 Å². The topological polar surface area (TPSA) is 132 Å². The lowest BCUT2D eigenvalue weighted by molar-refractivity contribution is -0.136. The van der Waals surface area contributed by atoms with Crippen LogP contribution in [0.4, 0.5) is 21.5 Å². The summed E-state index contributed by atoms with van der Waals surface area (Å²) in [6, 6.07) is 19.8. The van der Waals surface area contributed by atoms with E-state index in [0.29, 0.717) is 35.2 Å². The van der Waals surface area contributed by atoms with Crippen LogP contribution in [0.3, 0.4) is 0 Å². The molecular weight excluding hydrogens is 684 g/mol. The van der Waals surface area contributed by atoms with E-state index >= 15 is 4.39 Å². The molecule has 3 fully saturated rings. The monoisotopic (exact) mass is 728 g/mol. The molecule has 1 unspecified atom stereocenters. The van der Waals surface area contributed by atoms with Crippen LogP contribution in [-0.2, 0) is 21.5 Å². The van der Waals surface area contributed by atoms with Crippen molar-refractivity contribution in [2.75, 3.05) is 23.3 Å². The summed E-state index contributed by atoms with van der Waals surface area (Å²) in [6.45, 7) is 7.62. The second-order valence-corrected chi connectivity index (χ2v) is 15.7. The minimum absolute atomic E-state index is 0.146. The molecule has 0 bridgehead atoms. The number of hydrogen-bond acceptors (Lipinski definition) is 8. The van der Waals surface area contributed by atoms with Crippen molar-refractivity contribution >= 4 is 34.8 Å². The third kappa shape index (κ3) is 6.63. The van der Waals surface area contributed by atoms with Crippen molar-refractivity contribution in [3.63, 3.8) is 0 Å². The largest absolute Gasteiger partial charge is 0.382 e. The van der Waals surface area contributed by atoms with Crippen molar-refractivity contribution in [3.05, 3.63) is 94.1 Å². The molecule has 1 aromatic heterocycles. The predicted molar refractivity (Wildman–Crippen MR) is 203 cm³/mol. The summed E-state index contributed by atoms with van der Waals surface area (Å²) in [4.78, 5) is 41.3. The van der Waals surface area contributed by atoms with E-state index in [1.54, 1.807) is 6.07 Å². The molecule has 2 aliphatic carbocycles. The van der Waals surface area contributed by atoms with E-state index in [4.69, 9.17) is 4.52 Å². The summed E-state index contributed by atoms with van der Waals surface area (Å²) in [6.07, 6.45) is 6.27. The molecule has 3 amide bonds. The van der Waals surface area contributed by atoms with E-state index in [9.17, 15) is 19.6 Å². The number of aryl methyl sites for hydroxylation is 3. The fourth-order valence-electron chi connectivity index (χ4n) is 8.70. The molecule has 0 radical (unpaired) electrons. The smallest absolute Gasteiger partial charge is 0.255 e. The highest BCUT2D eigenvalue weighted by molar-refractivity contribution is 6.05. The molecule has 2 N–H and O–H groups in total. The van der Waals surface area contributed by atoms with Gasteiger partial charge in [-0.15, -0.1) is 0 Å².